The van der Waals surface area contributed by atoms with Crippen LogP contribution in [0.4, 0.5) is 0 Å². The first-order valence-electron chi connectivity index (χ1n) is 7.61. The van der Waals surface area contributed by atoms with Crippen LogP contribution in [0.3, 0.4) is 0 Å². The first-order chi connectivity index (χ1) is 9.97. The summed E-state index contributed by atoms with van der Waals surface area (Å²) in [6, 6.07) is 4.73. The minimum absolute atomic E-state index is 0.381. The summed E-state index contributed by atoms with van der Waals surface area (Å²) in [7, 11) is 3.33. The summed E-state index contributed by atoms with van der Waals surface area (Å²) >= 11 is 3.55. The Morgan fingerprint density at radius 3 is 2.62 bits per heavy atom. The van der Waals surface area contributed by atoms with Crippen molar-refractivity contribution >= 4 is 15.9 Å². The van der Waals surface area contributed by atoms with Crippen molar-refractivity contribution in [3.05, 3.63) is 22.2 Å². The maximum absolute atomic E-state index is 5.41. The Morgan fingerprint density at radius 1 is 1.24 bits per heavy atom. The Bertz CT molecular complexity index is 488. The van der Waals surface area contributed by atoms with Gasteiger partial charge in [0, 0.05) is 12.6 Å². The van der Waals surface area contributed by atoms with Crippen molar-refractivity contribution < 1.29 is 9.47 Å². The average Bonchev–Trinajstić information content (AvgIpc) is 2.45. The van der Waals surface area contributed by atoms with E-state index in [1.165, 1.54) is 31.2 Å². The van der Waals surface area contributed by atoms with E-state index in [2.05, 4.69) is 41.2 Å². The van der Waals surface area contributed by atoms with Crippen LogP contribution in [0.5, 0.6) is 11.5 Å². The zero-order valence-electron chi connectivity index (χ0n) is 13.5. The Hall–Kier alpha value is -0.740. The second kappa shape index (κ2) is 7.01. The van der Waals surface area contributed by atoms with Crippen molar-refractivity contribution in [3.8, 4) is 11.5 Å². The molecule has 0 aromatic heterocycles. The molecule has 0 saturated heterocycles. The predicted octanol–water partition coefficient (Wildman–Crippen LogP) is 4.52. The van der Waals surface area contributed by atoms with E-state index in [0.29, 0.717) is 11.5 Å². The lowest BCUT2D eigenvalue weighted by atomic mass is 9.73. The lowest BCUT2D eigenvalue weighted by Crippen LogP contribution is -2.43. The highest BCUT2D eigenvalue weighted by atomic mass is 79.9. The fraction of sp³-hybridized carbons (Fsp3) is 0.647. The standard InChI is InChI=1S/C17H26BrNO2/c1-17(2)8-6-5-7-15(17)19-11-12-9-13(18)16(21-4)14(10-12)20-3/h9-10,15,19H,5-8,11H2,1-4H3. The van der Waals surface area contributed by atoms with Crippen LogP contribution in [0.2, 0.25) is 0 Å². The number of nitrogens with one attached hydrogen (secondary N) is 1. The normalized spacial score (nSPS) is 21.1. The van der Waals surface area contributed by atoms with E-state index in [1.807, 2.05) is 6.07 Å². The molecule has 0 spiro atoms. The lowest BCUT2D eigenvalue weighted by Gasteiger charge is -2.39. The van der Waals surface area contributed by atoms with Crippen molar-refractivity contribution in [1.82, 2.24) is 5.32 Å². The van der Waals surface area contributed by atoms with E-state index in [9.17, 15) is 0 Å². The number of methoxy groups -OCH3 is 2. The molecular formula is C17H26BrNO2. The second-order valence-electron chi connectivity index (χ2n) is 6.48. The Labute approximate surface area is 136 Å². The Kier molecular flexibility index (Phi) is 5.55. The van der Waals surface area contributed by atoms with Gasteiger partial charge in [0.1, 0.15) is 0 Å². The smallest absolute Gasteiger partial charge is 0.174 e. The molecule has 1 aliphatic rings. The first-order valence-corrected chi connectivity index (χ1v) is 8.41. The maximum Gasteiger partial charge on any atom is 0.174 e. The summed E-state index contributed by atoms with van der Waals surface area (Å²) in [5.74, 6) is 1.52. The molecule has 1 aliphatic carbocycles. The van der Waals surface area contributed by atoms with Crippen molar-refractivity contribution in [3.63, 3.8) is 0 Å². The number of ether oxygens (including phenoxy) is 2. The fourth-order valence-electron chi connectivity index (χ4n) is 3.19. The van der Waals surface area contributed by atoms with Gasteiger partial charge in [-0.2, -0.15) is 0 Å². The van der Waals surface area contributed by atoms with Gasteiger partial charge in [0.2, 0.25) is 0 Å². The number of hydrogen-bond donors (Lipinski definition) is 1. The highest BCUT2D eigenvalue weighted by Gasteiger charge is 2.31. The fourth-order valence-corrected chi connectivity index (χ4v) is 3.84. The molecule has 0 aliphatic heterocycles. The average molecular weight is 356 g/mol. The topological polar surface area (TPSA) is 30.5 Å². The molecule has 1 aromatic carbocycles. The maximum atomic E-state index is 5.41. The zero-order chi connectivity index (χ0) is 15.5. The molecule has 1 fully saturated rings. The molecule has 3 nitrogen and oxygen atoms in total. The molecule has 1 saturated carbocycles. The van der Waals surface area contributed by atoms with Crippen molar-refractivity contribution in [2.45, 2.75) is 52.1 Å². The molecule has 1 atom stereocenters. The molecule has 0 radical (unpaired) electrons. The van der Waals surface area contributed by atoms with Crippen LogP contribution in [0.1, 0.15) is 45.1 Å². The van der Waals surface area contributed by atoms with Gasteiger partial charge in [-0.15, -0.1) is 0 Å². The van der Waals surface area contributed by atoms with Crippen molar-refractivity contribution in [1.29, 1.82) is 0 Å². The molecule has 2 rings (SSSR count). The van der Waals surface area contributed by atoms with Gasteiger partial charge in [-0.05, 0) is 51.9 Å². The molecule has 1 unspecified atom stereocenters. The highest BCUT2D eigenvalue weighted by Crippen LogP contribution is 2.38. The van der Waals surface area contributed by atoms with E-state index < -0.39 is 0 Å². The van der Waals surface area contributed by atoms with Crippen LogP contribution in [0.15, 0.2) is 16.6 Å². The largest absolute Gasteiger partial charge is 0.493 e. The summed E-state index contributed by atoms with van der Waals surface area (Å²) in [5, 5.41) is 3.73. The predicted molar refractivity (Wildman–Crippen MR) is 90.1 cm³/mol. The lowest BCUT2D eigenvalue weighted by molar-refractivity contribution is 0.166. The van der Waals surface area contributed by atoms with Crippen molar-refractivity contribution in [2.75, 3.05) is 14.2 Å². The van der Waals surface area contributed by atoms with Gasteiger partial charge >= 0.3 is 0 Å². The van der Waals surface area contributed by atoms with E-state index in [1.54, 1.807) is 14.2 Å². The summed E-state index contributed by atoms with van der Waals surface area (Å²) in [6.45, 7) is 5.59. The quantitative estimate of drug-likeness (QED) is 0.841. The summed E-state index contributed by atoms with van der Waals surface area (Å²) in [5.41, 5.74) is 1.59. The molecule has 0 bridgehead atoms. The Balaban J connectivity index is 2.08. The number of benzene rings is 1. The highest BCUT2D eigenvalue weighted by molar-refractivity contribution is 9.10. The van der Waals surface area contributed by atoms with Gasteiger partial charge in [0.25, 0.3) is 0 Å². The van der Waals surface area contributed by atoms with Crippen molar-refractivity contribution in [2.24, 2.45) is 5.41 Å². The third-order valence-corrected chi connectivity index (χ3v) is 5.14. The van der Waals surface area contributed by atoms with Gasteiger partial charge in [0.05, 0.1) is 18.7 Å². The molecule has 0 amide bonds. The molecule has 1 aromatic rings. The summed E-state index contributed by atoms with van der Waals surface area (Å²) in [4.78, 5) is 0. The van der Waals surface area contributed by atoms with Crippen LogP contribution in [-0.4, -0.2) is 20.3 Å². The minimum atomic E-state index is 0.381. The van der Waals surface area contributed by atoms with Gasteiger partial charge in [-0.1, -0.05) is 26.7 Å². The van der Waals surface area contributed by atoms with Gasteiger partial charge < -0.3 is 14.8 Å². The van der Waals surface area contributed by atoms with E-state index in [-0.39, 0.29) is 0 Å². The molecule has 1 N–H and O–H groups in total. The van der Waals surface area contributed by atoms with Gasteiger partial charge in [-0.25, -0.2) is 0 Å². The van der Waals surface area contributed by atoms with Crippen LogP contribution >= 0.6 is 15.9 Å². The second-order valence-corrected chi connectivity index (χ2v) is 7.34. The molecular weight excluding hydrogens is 330 g/mol. The molecule has 21 heavy (non-hydrogen) atoms. The molecule has 4 heteroatoms. The Morgan fingerprint density at radius 2 is 2.00 bits per heavy atom. The number of rotatable bonds is 5. The summed E-state index contributed by atoms with van der Waals surface area (Å²) < 4.78 is 11.7. The number of hydrogen-bond acceptors (Lipinski definition) is 3. The molecule has 118 valence electrons. The van der Waals surface area contributed by atoms with Gasteiger partial charge in [0.15, 0.2) is 11.5 Å². The summed E-state index contributed by atoms with van der Waals surface area (Å²) in [6.07, 6.45) is 5.26. The molecule has 0 heterocycles. The monoisotopic (exact) mass is 355 g/mol. The third-order valence-electron chi connectivity index (χ3n) is 4.55. The van der Waals surface area contributed by atoms with E-state index >= 15 is 0 Å². The van der Waals surface area contributed by atoms with Crippen LogP contribution in [-0.2, 0) is 6.54 Å². The van der Waals surface area contributed by atoms with Crippen LogP contribution < -0.4 is 14.8 Å². The van der Waals surface area contributed by atoms with E-state index in [4.69, 9.17) is 9.47 Å². The number of halogens is 1. The van der Waals surface area contributed by atoms with Gasteiger partial charge in [-0.3, -0.25) is 0 Å². The van der Waals surface area contributed by atoms with Crippen LogP contribution in [0.25, 0.3) is 0 Å². The first kappa shape index (κ1) is 16.6. The third kappa shape index (κ3) is 3.92. The zero-order valence-corrected chi connectivity index (χ0v) is 15.0. The van der Waals surface area contributed by atoms with E-state index in [0.717, 1.165) is 22.5 Å². The van der Waals surface area contributed by atoms with Crippen LogP contribution in [0, 0.1) is 5.41 Å². The SMILES string of the molecule is COc1cc(CNC2CCCCC2(C)C)cc(Br)c1OC. The minimum Gasteiger partial charge on any atom is -0.493 e.